The monoisotopic (exact) mass is 474 g/mol. The van der Waals surface area contributed by atoms with Crippen LogP contribution in [0.4, 0.5) is 0 Å². The summed E-state index contributed by atoms with van der Waals surface area (Å²) in [5.41, 5.74) is 2.90. The van der Waals surface area contributed by atoms with Crippen molar-refractivity contribution in [3.05, 3.63) is 75.7 Å². The summed E-state index contributed by atoms with van der Waals surface area (Å²) in [6.45, 7) is 7.60. The summed E-state index contributed by atoms with van der Waals surface area (Å²) in [5, 5.41) is 13.9. The van der Waals surface area contributed by atoms with Crippen LogP contribution >= 0.6 is 0 Å². The molecule has 1 aliphatic carbocycles. The minimum atomic E-state index is -0.0277. The van der Waals surface area contributed by atoms with Crippen molar-refractivity contribution in [2.24, 2.45) is 5.92 Å². The van der Waals surface area contributed by atoms with E-state index in [9.17, 15) is 4.79 Å². The first-order chi connectivity index (χ1) is 17.0. The summed E-state index contributed by atoms with van der Waals surface area (Å²) in [6.07, 6.45) is 7.28. The number of nitrogens with zero attached hydrogens (tertiary/aromatic N) is 5. The largest absolute Gasteiger partial charge is 0.467 e. The van der Waals surface area contributed by atoms with E-state index in [4.69, 9.17) is 4.42 Å². The molecule has 35 heavy (non-hydrogen) atoms. The Balaban J connectivity index is 1.53. The smallest absolute Gasteiger partial charge is 0.252 e. The molecule has 1 fully saturated rings. The van der Waals surface area contributed by atoms with Gasteiger partial charge in [-0.05, 0) is 76.9 Å². The predicted molar refractivity (Wildman–Crippen MR) is 135 cm³/mol. The molecule has 0 saturated heterocycles. The molecule has 8 heteroatoms. The van der Waals surface area contributed by atoms with E-state index in [2.05, 4.69) is 64.4 Å². The summed E-state index contributed by atoms with van der Waals surface area (Å²) in [4.78, 5) is 18.7. The number of fused-ring (bicyclic) bond motifs is 1. The number of furan rings is 1. The number of nitrogens with one attached hydrogen (secondary N) is 1. The molecule has 1 atom stereocenters. The standard InChI is InChI=1S/C27H34N6O2/c1-4-19-11-12-24-20(14-19)15-21(27(34)28-24)16-32(22-8-5-6-9-22)25(18(2)3)26-29-30-31-33(26)17-23-10-7-13-35-23/h7,10-15,18,22,25H,4-6,8-9,16-17H2,1-3H3,(H,28,34). The number of hydrogen-bond donors (Lipinski definition) is 1. The Morgan fingerprint density at radius 2 is 2.03 bits per heavy atom. The van der Waals surface area contributed by atoms with Gasteiger partial charge in [0.25, 0.3) is 5.56 Å². The van der Waals surface area contributed by atoms with Crippen LogP contribution in [-0.2, 0) is 19.5 Å². The van der Waals surface area contributed by atoms with Gasteiger partial charge in [-0.3, -0.25) is 9.69 Å². The number of aromatic nitrogens is 5. The van der Waals surface area contributed by atoms with E-state index in [0.29, 0.717) is 19.1 Å². The highest BCUT2D eigenvalue weighted by Gasteiger charge is 2.35. The third kappa shape index (κ3) is 4.93. The normalized spacial score (nSPS) is 15.6. The van der Waals surface area contributed by atoms with Crippen LogP contribution in [0.25, 0.3) is 10.9 Å². The number of hydrogen-bond acceptors (Lipinski definition) is 6. The number of aryl methyl sites for hydroxylation is 1. The summed E-state index contributed by atoms with van der Waals surface area (Å²) < 4.78 is 7.39. The molecule has 5 rings (SSSR count). The Hall–Kier alpha value is -3.26. The van der Waals surface area contributed by atoms with Gasteiger partial charge in [0.1, 0.15) is 12.3 Å². The first kappa shape index (κ1) is 23.5. The maximum Gasteiger partial charge on any atom is 0.252 e. The fraction of sp³-hybridized carbons (Fsp3) is 0.481. The first-order valence-electron chi connectivity index (χ1n) is 12.7. The summed E-state index contributed by atoms with van der Waals surface area (Å²) in [5.74, 6) is 1.88. The molecule has 1 aliphatic rings. The molecule has 3 aromatic heterocycles. The number of benzene rings is 1. The zero-order valence-electron chi connectivity index (χ0n) is 20.8. The zero-order valence-corrected chi connectivity index (χ0v) is 20.8. The first-order valence-corrected chi connectivity index (χ1v) is 12.7. The molecule has 1 unspecified atom stereocenters. The molecule has 1 saturated carbocycles. The van der Waals surface area contributed by atoms with E-state index in [1.54, 1.807) is 6.26 Å². The number of tetrazole rings is 1. The molecule has 0 amide bonds. The molecular formula is C27H34N6O2. The fourth-order valence-electron chi connectivity index (χ4n) is 5.44. The lowest BCUT2D eigenvalue weighted by Crippen LogP contribution is -2.41. The summed E-state index contributed by atoms with van der Waals surface area (Å²) in [7, 11) is 0. The van der Waals surface area contributed by atoms with E-state index in [1.807, 2.05) is 22.9 Å². The molecule has 1 N–H and O–H groups in total. The third-order valence-electron chi connectivity index (χ3n) is 7.24. The van der Waals surface area contributed by atoms with Gasteiger partial charge in [0.2, 0.25) is 0 Å². The predicted octanol–water partition coefficient (Wildman–Crippen LogP) is 4.86. The minimum absolute atomic E-state index is 0.0255. The van der Waals surface area contributed by atoms with Crippen molar-refractivity contribution in [1.29, 1.82) is 0 Å². The average Bonchev–Trinajstić information content (AvgIpc) is 3.63. The Morgan fingerprint density at radius 3 is 2.74 bits per heavy atom. The van der Waals surface area contributed by atoms with Crippen LogP contribution in [-0.4, -0.2) is 36.1 Å². The van der Waals surface area contributed by atoms with Crippen LogP contribution in [0.15, 0.2) is 51.9 Å². The molecular weight excluding hydrogens is 440 g/mol. The minimum Gasteiger partial charge on any atom is -0.467 e. The van der Waals surface area contributed by atoms with Gasteiger partial charge in [-0.1, -0.05) is 39.7 Å². The van der Waals surface area contributed by atoms with Gasteiger partial charge >= 0.3 is 0 Å². The summed E-state index contributed by atoms with van der Waals surface area (Å²) in [6, 6.07) is 12.5. The SMILES string of the molecule is CCc1ccc2[nH]c(=O)c(CN(C3CCCC3)C(c3nnnn3Cc3ccco3)C(C)C)cc2c1. The van der Waals surface area contributed by atoms with Gasteiger partial charge in [0.15, 0.2) is 5.82 Å². The second-order valence-electron chi connectivity index (χ2n) is 9.97. The van der Waals surface area contributed by atoms with Crippen LogP contribution < -0.4 is 5.56 Å². The van der Waals surface area contributed by atoms with Gasteiger partial charge in [0, 0.05) is 23.7 Å². The van der Waals surface area contributed by atoms with E-state index in [0.717, 1.165) is 47.3 Å². The molecule has 0 aliphatic heterocycles. The maximum absolute atomic E-state index is 13.2. The molecule has 4 aromatic rings. The highest BCUT2D eigenvalue weighted by molar-refractivity contribution is 5.79. The number of rotatable bonds is 9. The van der Waals surface area contributed by atoms with Crippen molar-refractivity contribution in [3.8, 4) is 0 Å². The van der Waals surface area contributed by atoms with Crippen molar-refractivity contribution in [3.63, 3.8) is 0 Å². The van der Waals surface area contributed by atoms with Crippen molar-refractivity contribution >= 4 is 10.9 Å². The van der Waals surface area contributed by atoms with Gasteiger partial charge in [-0.25, -0.2) is 4.68 Å². The zero-order chi connectivity index (χ0) is 24.4. The third-order valence-corrected chi connectivity index (χ3v) is 7.24. The molecule has 0 bridgehead atoms. The number of aromatic amines is 1. The number of H-pyrrole nitrogens is 1. The number of pyridine rings is 1. The highest BCUT2D eigenvalue weighted by Crippen LogP contribution is 2.36. The van der Waals surface area contributed by atoms with Crippen LogP contribution in [0.1, 0.15) is 75.2 Å². The fourth-order valence-corrected chi connectivity index (χ4v) is 5.44. The van der Waals surface area contributed by atoms with Gasteiger partial charge < -0.3 is 9.40 Å². The molecule has 3 heterocycles. The van der Waals surface area contributed by atoms with E-state index in [-0.39, 0.29) is 17.5 Å². The van der Waals surface area contributed by atoms with Crippen molar-refractivity contribution in [2.45, 2.75) is 78.0 Å². The van der Waals surface area contributed by atoms with Crippen LogP contribution in [0.3, 0.4) is 0 Å². The van der Waals surface area contributed by atoms with Crippen molar-refractivity contribution < 1.29 is 4.42 Å². The molecule has 0 radical (unpaired) electrons. The lowest BCUT2D eigenvalue weighted by atomic mass is 9.97. The molecule has 1 aromatic carbocycles. The topological polar surface area (TPSA) is 92.8 Å². The molecule has 8 nitrogen and oxygen atoms in total. The van der Waals surface area contributed by atoms with Crippen LogP contribution in [0, 0.1) is 5.92 Å². The van der Waals surface area contributed by atoms with Crippen molar-refractivity contribution in [2.75, 3.05) is 0 Å². The second-order valence-corrected chi connectivity index (χ2v) is 9.97. The summed E-state index contributed by atoms with van der Waals surface area (Å²) >= 11 is 0. The highest BCUT2D eigenvalue weighted by atomic mass is 16.3. The maximum atomic E-state index is 13.2. The Kier molecular flexibility index (Phi) is 6.81. The van der Waals surface area contributed by atoms with Crippen LogP contribution in [0.5, 0.6) is 0 Å². The van der Waals surface area contributed by atoms with Gasteiger partial charge in [-0.2, -0.15) is 0 Å². The Labute approximate surface area is 205 Å². The Bertz CT molecular complexity index is 1320. The lowest BCUT2D eigenvalue weighted by Gasteiger charge is -2.37. The molecule has 184 valence electrons. The van der Waals surface area contributed by atoms with E-state index in [1.165, 1.54) is 18.4 Å². The van der Waals surface area contributed by atoms with E-state index >= 15 is 0 Å². The van der Waals surface area contributed by atoms with Crippen molar-refractivity contribution in [1.82, 2.24) is 30.1 Å². The quantitative estimate of drug-likeness (QED) is 0.372. The van der Waals surface area contributed by atoms with Gasteiger partial charge in [0.05, 0.1) is 12.3 Å². The Morgan fingerprint density at radius 1 is 1.20 bits per heavy atom. The van der Waals surface area contributed by atoms with E-state index < -0.39 is 0 Å². The average molecular weight is 475 g/mol. The lowest BCUT2D eigenvalue weighted by molar-refractivity contribution is 0.0842. The van der Waals surface area contributed by atoms with Crippen LogP contribution in [0.2, 0.25) is 0 Å². The van der Waals surface area contributed by atoms with Gasteiger partial charge in [-0.15, -0.1) is 5.10 Å². The second kappa shape index (κ2) is 10.2. The molecule has 0 spiro atoms.